The molecule has 3 rings (SSSR count). The molecule has 0 spiro atoms. The molecule has 0 atom stereocenters. The summed E-state index contributed by atoms with van der Waals surface area (Å²) >= 11 is 0. The number of imidazole rings is 1. The normalized spacial score (nSPS) is 11.5. The number of rotatable bonds is 6. The number of aromatic nitrogens is 2. The first-order valence-electron chi connectivity index (χ1n) is 8.45. The molecule has 0 radical (unpaired) electrons. The first kappa shape index (κ1) is 16.9. The van der Waals surface area contributed by atoms with Crippen molar-refractivity contribution in [1.82, 2.24) is 15.0 Å². The molecule has 1 heterocycles. The first-order valence-corrected chi connectivity index (χ1v) is 8.45. The van der Waals surface area contributed by atoms with Crippen molar-refractivity contribution < 1.29 is 4.79 Å². The molecule has 2 aromatic carbocycles. The van der Waals surface area contributed by atoms with Crippen molar-refractivity contribution in [2.45, 2.75) is 32.7 Å². The van der Waals surface area contributed by atoms with Gasteiger partial charge in [0.05, 0.1) is 23.6 Å². The van der Waals surface area contributed by atoms with Crippen LogP contribution in [0.1, 0.15) is 37.3 Å². The van der Waals surface area contributed by atoms with Gasteiger partial charge in [0.1, 0.15) is 0 Å². The molecule has 25 heavy (non-hydrogen) atoms. The molecular weight excluding hydrogens is 312 g/mol. The summed E-state index contributed by atoms with van der Waals surface area (Å²) in [5.74, 6) is 0.387. The summed E-state index contributed by atoms with van der Waals surface area (Å²) in [5.41, 5.74) is 6.79. The summed E-state index contributed by atoms with van der Waals surface area (Å²) in [5, 5.41) is 4.03. The van der Waals surface area contributed by atoms with E-state index in [9.17, 15) is 4.79 Å². The van der Waals surface area contributed by atoms with E-state index in [0.29, 0.717) is 18.9 Å². The maximum absolute atomic E-state index is 11.9. The zero-order valence-electron chi connectivity index (χ0n) is 14.5. The van der Waals surface area contributed by atoms with Crippen LogP contribution in [-0.2, 0) is 11.3 Å². The Labute approximate surface area is 147 Å². The fourth-order valence-corrected chi connectivity index (χ4v) is 2.61. The standard InChI is InChI=1S/C20H22N4O/c1-15(2)17-9-7-16(8-10-17)13-22-23-20(25)11-12-24-14-21-18-5-3-4-6-19(18)24/h3-10,13-15H,11-12H2,1-2H3,(H,23,25)/b22-13-. The maximum Gasteiger partial charge on any atom is 0.241 e. The van der Waals surface area contributed by atoms with E-state index in [1.807, 2.05) is 41.0 Å². The lowest BCUT2D eigenvalue weighted by atomic mass is 10.0. The Bertz CT molecular complexity index is 878. The molecule has 5 heteroatoms. The lowest BCUT2D eigenvalue weighted by Gasteiger charge is -2.05. The average molecular weight is 334 g/mol. The Morgan fingerprint density at radius 2 is 1.96 bits per heavy atom. The molecule has 0 fully saturated rings. The Kier molecular flexibility index (Phi) is 5.23. The minimum absolute atomic E-state index is 0.118. The summed E-state index contributed by atoms with van der Waals surface area (Å²) in [6.07, 6.45) is 3.77. The second-order valence-corrected chi connectivity index (χ2v) is 6.29. The lowest BCUT2D eigenvalue weighted by molar-refractivity contribution is -0.121. The third-order valence-corrected chi connectivity index (χ3v) is 4.11. The van der Waals surface area contributed by atoms with Gasteiger partial charge in [0.15, 0.2) is 0 Å². The van der Waals surface area contributed by atoms with Crippen molar-refractivity contribution in [3.8, 4) is 0 Å². The molecule has 0 aliphatic heterocycles. The number of fused-ring (bicyclic) bond motifs is 1. The van der Waals surface area contributed by atoms with Crippen LogP contribution in [0.2, 0.25) is 0 Å². The van der Waals surface area contributed by atoms with Gasteiger partial charge in [-0.05, 0) is 29.2 Å². The molecule has 0 unspecified atom stereocenters. The van der Waals surface area contributed by atoms with E-state index in [0.717, 1.165) is 16.6 Å². The molecule has 1 N–H and O–H groups in total. The van der Waals surface area contributed by atoms with Gasteiger partial charge in [0.2, 0.25) is 5.91 Å². The van der Waals surface area contributed by atoms with Crippen LogP contribution in [0.5, 0.6) is 0 Å². The van der Waals surface area contributed by atoms with Crippen LogP contribution in [-0.4, -0.2) is 21.7 Å². The Balaban J connectivity index is 1.51. The lowest BCUT2D eigenvalue weighted by Crippen LogP contribution is -2.19. The number of hydrogen-bond acceptors (Lipinski definition) is 3. The van der Waals surface area contributed by atoms with Crippen molar-refractivity contribution in [2.24, 2.45) is 5.10 Å². The number of hydrogen-bond donors (Lipinski definition) is 1. The van der Waals surface area contributed by atoms with Crippen LogP contribution in [0.4, 0.5) is 0 Å². The highest BCUT2D eigenvalue weighted by Gasteiger charge is 2.04. The minimum Gasteiger partial charge on any atom is -0.330 e. The molecule has 1 aromatic heterocycles. The number of amides is 1. The number of nitrogens with one attached hydrogen (secondary N) is 1. The maximum atomic E-state index is 11.9. The molecule has 0 bridgehead atoms. The van der Waals surface area contributed by atoms with Crippen LogP contribution < -0.4 is 5.43 Å². The van der Waals surface area contributed by atoms with Crippen LogP contribution in [0.15, 0.2) is 60.0 Å². The van der Waals surface area contributed by atoms with Gasteiger partial charge in [0.25, 0.3) is 0 Å². The highest BCUT2D eigenvalue weighted by atomic mass is 16.2. The van der Waals surface area contributed by atoms with Crippen LogP contribution in [0, 0.1) is 0 Å². The molecule has 0 saturated heterocycles. The van der Waals surface area contributed by atoms with E-state index in [1.165, 1.54) is 5.56 Å². The highest BCUT2D eigenvalue weighted by Crippen LogP contribution is 2.14. The predicted molar refractivity (Wildman–Crippen MR) is 101 cm³/mol. The Morgan fingerprint density at radius 1 is 1.20 bits per heavy atom. The van der Waals surface area contributed by atoms with Crippen molar-refractivity contribution >= 4 is 23.2 Å². The third kappa shape index (κ3) is 4.32. The topological polar surface area (TPSA) is 59.3 Å². The molecule has 1 amide bonds. The molecule has 5 nitrogen and oxygen atoms in total. The van der Waals surface area contributed by atoms with Gasteiger partial charge in [-0.2, -0.15) is 5.10 Å². The Morgan fingerprint density at radius 3 is 2.72 bits per heavy atom. The van der Waals surface area contributed by atoms with E-state index in [1.54, 1.807) is 12.5 Å². The smallest absolute Gasteiger partial charge is 0.241 e. The fourth-order valence-electron chi connectivity index (χ4n) is 2.61. The molecule has 128 valence electrons. The van der Waals surface area contributed by atoms with Crippen molar-refractivity contribution in [1.29, 1.82) is 0 Å². The number of hydrazone groups is 1. The van der Waals surface area contributed by atoms with Gasteiger partial charge in [0, 0.05) is 13.0 Å². The average Bonchev–Trinajstić information content (AvgIpc) is 3.03. The van der Waals surface area contributed by atoms with E-state index in [4.69, 9.17) is 0 Å². The Hall–Kier alpha value is -2.95. The molecule has 0 saturated carbocycles. The van der Waals surface area contributed by atoms with Gasteiger partial charge >= 0.3 is 0 Å². The summed E-state index contributed by atoms with van der Waals surface area (Å²) in [6.45, 7) is 4.89. The fraction of sp³-hybridized carbons (Fsp3) is 0.250. The predicted octanol–water partition coefficient (Wildman–Crippen LogP) is 3.70. The van der Waals surface area contributed by atoms with Crippen LogP contribution in [0.3, 0.4) is 0 Å². The number of aryl methyl sites for hydroxylation is 1. The number of para-hydroxylation sites is 2. The van der Waals surface area contributed by atoms with E-state index >= 15 is 0 Å². The summed E-state index contributed by atoms with van der Waals surface area (Å²) in [7, 11) is 0. The summed E-state index contributed by atoms with van der Waals surface area (Å²) in [6, 6.07) is 16.0. The van der Waals surface area contributed by atoms with Gasteiger partial charge in [-0.15, -0.1) is 0 Å². The van der Waals surface area contributed by atoms with E-state index in [2.05, 4.69) is 41.5 Å². The molecule has 0 aliphatic carbocycles. The highest BCUT2D eigenvalue weighted by molar-refractivity contribution is 5.82. The molecule has 3 aromatic rings. The monoisotopic (exact) mass is 334 g/mol. The van der Waals surface area contributed by atoms with Gasteiger partial charge in [-0.1, -0.05) is 50.2 Å². The SMILES string of the molecule is CC(C)c1ccc(/C=N\NC(=O)CCn2cnc3ccccc32)cc1. The quantitative estimate of drug-likeness (QED) is 0.552. The van der Waals surface area contributed by atoms with Crippen LogP contribution in [0.25, 0.3) is 11.0 Å². The largest absolute Gasteiger partial charge is 0.330 e. The van der Waals surface area contributed by atoms with E-state index < -0.39 is 0 Å². The summed E-state index contributed by atoms with van der Waals surface area (Å²) < 4.78 is 1.98. The number of benzene rings is 2. The van der Waals surface area contributed by atoms with Gasteiger partial charge in [-0.25, -0.2) is 10.4 Å². The van der Waals surface area contributed by atoms with Gasteiger partial charge < -0.3 is 4.57 Å². The second kappa shape index (κ2) is 7.75. The third-order valence-electron chi connectivity index (χ3n) is 4.11. The number of nitrogens with zero attached hydrogens (tertiary/aromatic N) is 3. The summed E-state index contributed by atoms with van der Waals surface area (Å²) in [4.78, 5) is 16.3. The molecular formula is C20H22N4O. The first-order chi connectivity index (χ1) is 12.1. The minimum atomic E-state index is -0.118. The van der Waals surface area contributed by atoms with Crippen molar-refractivity contribution in [3.63, 3.8) is 0 Å². The zero-order chi connectivity index (χ0) is 17.6. The second-order valence-electron chi connectivity index (χ2n) is 6.29. The zero-order valence-corrected chi connectivity index (χ0v) is 14.5. The number of carbonyl (C=O) groups excluding carboxylic acids is 1. The van der Waals surface area contributed by atoms with E-state index in [-0.39, 0.29) is 5.91 Å². The van der Waals surface area contributed by atoms with Crippen molar-refractivity contribution in [3.05, 3.63) is 66.0 Å². The number of carbonyl (C=O) groups is 1. The van der Waals surface area contributed by atoms with Crippen molar-refractivity contribution in [2.75, 3.05) is 0 Å². The van der Waals surface area contributed by atoms with Crippen LogP contribution >= 0.6 is 0 Å². The van der Waals surface area contributed by atoms with Gasteiger partial charge in [-0.3, -0.25) is 4.79 Å². The molecule has 0 aliphatic rings.